The van der Waals surface area contributed by atoms with Gasteiger partial charge in [-0.3, -0.25) is 0 Å². The Labute approximate surface area is 116 Å². The lowest BCUT2D eigenvalue weighted by atomic mass is 9.95. The molecule has 2 heterocycles. The van der Waals surface area contributed by atoms with Crippen molar-refractivity contribution >= 4 is 27.7 Å². The fourth-order valence-corrected chi connectivity index (χ4v) is 4.81. The van der Waals surface area contributed by atoms with E-state index in [9.17, 15) is 0 Å². The highest BCUT2D eigenvalue weighted by Crippen LogP contribution is 2.37. The molecule has 2 aliphatic heterocycles. The first-order valence-corrected chi connectivity index (χ1v) is 8.40. The van der Waals surface area contributed by atoms with Gasteiger partial charge in [-0.15, -0.1) is 0 Å². The highest BCUT2D eigenvalue weighted by molar-refractivity contribution is 9.10. The summed E-state index contributed by atoms with van der Waals surface area (Å²) in [6, 6.07) is 7.59. The Bertz CT molecular complexity index is 395. The molecule has 2 aliphatic rings. The maximum atomic E-state index is 3.77. The number of rotatable bonds is 2. The molecule has 3 rings (SSSR count). The molecular weight excluding hydrogens is 294 g/mol. The predicted octanol–water partition coefficient (Wildman–Crippen LogP) is 4.09. The zero-order chi connectivity index (χ0) is 11.7. The quantitative estimate of drug-likeness (QED) is 0.882. The molecule has 2 atom stereocenters. The average Bonchev–Trinajstić information content (AvgIpc) is 3.02. The van der Waals surface area contributed by atoms with E-state index in [1.807, 2.05) is 0 Å². The Morgan fingerprint density at radius 1 is 1.29 bits per heavy atom. The predicted molar refractivity (Wildman–Crippen MR) is 78.8 cm³/mol. The molecule has 1 nitrogen and oxygen atoms in total. The first-order valence-electron chi connectivity index (χ1n) is 6.45. The monoisotopic (exact) mass is 311 g/mol. The summed E-state index contributed by atoms with van der Waals surface area (Å²) in [4.78, 5) is 0. The van der Waals surface area contributed by atoms with Crippen molar-refractivity contribution in [2.24, 2.45) is 0 Å². The van der Waals surface area contributed by atoms with Crippen LogP contribution in [0.4, 0.5) is 0 Å². The summed E-state index contributed by atoms with van der Waals surface area (Å²) in [7, 11) is 0. The van der Waals surface area contributed by atoms with Crippen LogP contribution in [-0.4, -0.2) is 18.1 Å². The highest BCUT2D eigenvalue weighted by Gasteiger charge is 2.21. The van der Waals surface area contributed by atoms with Gasteiger partial charge in [-0.05, 0) is 54.7 Å². The lowest BCUT2D eigenvalue weighted by Crippen LogP contribution is -2.13. The minimum atomic E-state index is 0.582. The van der Waals surface area contributed by atoms with E-state index < -0.39 is 0 Å². The van der Waals surface area contributed by atoms with E-state index in [4.69, 9.17) is 0 Å². The van der Waals surface area contributed by atoms with E-state index in [0.29, 0.717) is 6.04 Å². The molecule has 92 valence electrons. The zero-order valence-corrected chi connectivity index (χ0v) is 12.3. The average molecular weight is 312 g/mol. The van der Waals surface area contributed by atoms with Crippen LogP contribution in [0.3, 0.4) is 0 Å². The molecule has 0 saturated carbocycles. The lowest BCUT2D eigenvalue weighted by Gasteiger charge is -2.16. The maximum Gasteiger partial charge on any atom is 0.0321 e. The molecule has 0 spiro atoms. The Morgan fingerprint density at radius 2 is 2.24 bits per heavy atom. The lowest BCUT2D eigenvalue weighted by molar-refractivity contribution is 0.646. The number of nitrogens with one attached hydrogen (secondary N) is 1. The molecule has 1 aromatic carbocycles. The summed E-state index contributed by atoms with van der Waals surface area (Å²) < 4.78 is 1.32. The third-order valence-corrected chi connectivity index (χ3v) is 5.71. The molecule has 0 radical (unpaired) electrons. The van der Waals surface area contributed by atoms with Crippen LogP contribution in [0.2, 0.25) is 0 Å². The van der Waals surface area contributed by atoms with Crippen LogP contribution >= 0.6 is 27.7 Å². The van der Waals surface area contributed by atoms with Crippen molar-refractivity contribution in [3.63, 3.8) is 0 Å². The number of halogens is 1. The topological polar surface area (TPSA) is 12.0 Å². The van der Waals surface area contributed by atoms with Gasteiger partial charge in [0.15, 0.2) is 0 Å². The van der Waals surface area contributed by atoms with Gasteiger partial charge in [-0.2, -0.15) is 11.8 Å². The molecule has 0 aromatic heterocycles. The van der Waals surface area contributed by atoms with E-state index in [2.05, 4.69) is 51.2 Å². The fourth-order valence-electron chi connectivity index (χ4n) is 2.84. The number of benzene rings is 1. The third kappa shape index (κ3) is 2.56. The van der Waals surface area contributed by atoms with Gasteiger partial charge in [-0.1, -0.05) is 28.1 Å². The van der Waals surface area contributed by atoms with Gasteiger partial charge in [0.25, 0.3) is 0 Å². The van der Waals surface area contributed by atoms with Gasteiger partial charge in [0, 0.05) is 16.3 Å². The van der Waals surface area contributed by atoms with Crippen molar-refractivity contribution in [1.29, 1.82) is 0 Å². The number of hydrogen-bond donors (Lipinski definition) is 1. The molecule has 0 amide bonds. The standard InChI is InChI=1S/C14H18BrNS/c15-13-8-10(14-2-1-6-16-14)3-4-12(13)11-5-7-17-9-11/h3-4,8,11,14,16H,1-2,5-7,9H2. The van der Waals surface area contributed by atoms with Crippen molar-refractivity contribution in [3.05, 3.63) is 33.8 Å². The van der Waals surface area contributed by atoms with Gasteiger partial charge in [-0.25, -0.2) is 0 Å². The van der Waals surface area contributed by atoms with Crippen LogP contribution in [-0.2, 0) is 0 Å². The van der Waals surface area contributed by atoms with Crippen molar-refractivity contribution < 1.29 is 0 Å². The molecule has 1 aromatic rings. The summed E-state index contributed by atoms with van der Waals surface area (Å²) in [5.74, 6) is 3.38. The molecule has 2 unspecified atom stereocenters. The summed E-state index contributed by atoms with van der Waals surface area (Å²) in [5, 5.41) is 3.56. The smallest absolute Gasteiger partial charge is 0.0321 e. The van der Waals surface area contributed by atoms with Crippen LogP contribution in [0.15, 0.2) is 22.7 Å². The van der Waals surface area contributed by atoms with E-state index in [1.165, 1.54) is 52.9 Å². The fraction of sp³-hybridized carbons (Fsp3) is 0.571. The van der Waals surface area contributed by atoms with E-state index in [0.717, 1.165) is 5.92 Å². The SMILES string of the molecule is Brc1cc(C2CCCN2)ccc1C1CCSC1. The van der Waals surface area contributed by atoms with Crippen LogP contribution < -0.4 is 5.32 Å². The van der Waals surface area contributed by atoms with Crippen molar-refractivity contribution in [2.45, 2.75) is 31.2 Å². The van der Waals surface area contributed by atoms with Crippen molar-refractivity contribution in [2.75, 3.05) is 18.1 Å². The summed E-state index contributed by atoms with van der Waals surface area (Å²) in [6.45, 7) is 1.17. The molecule has 17 heavy (non-hydrogen) atoms. The Hall–Kier alpha value is 0.01000. The molecule has 3 heteroatoms. The molecular formula is C14H18BrNS. The highest BCUT2D eigenvalue weighted by atomic mass is 79.9. The van der Waals surface area contributed by atoms with E-state index in [1.54, 1.807) is 0 Å². The van der Waals surface area contributed by atoms with Gasteiger partial charge in [0.05, 0.1) is 0 Å². The maximum absolute atomic E-state index is 3.77. The van der Waals surface area contributed by atoms with E-state index >= 15 is 0 Å². The summed E-state index contributed by atoms with van der Waals surface area (Å²) in [5.41, 5.74) is 2.96. The second-order valence-electron chi connectivity index (χ2n) is 4.99. The third-order valence-electron chi connectivity index (χ3n) is 3.86. The molecule has 0 bridgehead atoms. The van der Waals surface area contributed by atoms with Crippen LogP contribution in [0, 0.1) is 0 Å². The zero-order valence-electron chi connectivity index (χ0n) is 9.92. The summed E-state index contributed by atoms with van der Waals surface area (Å²) in [6.07, 6.45) is 3.93. The molecule has 0 aliphatic carbocycles. The minimum absolute atomic E-state index is 0.582. The molecule has 1 N–H and O–H groups in total. The van der Waals surface area contributed by atoms with Crippen LogP contribution in [0.5, 0.6) is 0 Å². The molecule has 2 saturated heterocycles. The van der Waals surface area contributed by atoms with Gasteiger partial charge in [0.1, 0.15) is 0 Å². The second-order valence-corrected chi connectivity index (χ2v) is 6.99. The normalized spacial score (nSPS) is 28.8. The van der Waals surface area contributed by atoms with Gasteiger partial charge >= 0.3 is 0 Å². The summed E-state index contributed by atoms with van der Waals surface area (Å²) >= 11 is 5.85. The van der Waals surface area contributed by atoms with Gasteiger partial charge in [0.2, 0.25) is 0 Å². The van der Waals surface area contributed by atoms with Crippen LogP contribution in [0.1, 0.15) is 42.3 Å². The number of thioether (sulfide) groups is 1. The molecule has 2 fully saturated rings. The Balaban J connectivity index is 1.82. The van der Waals surface area contributed by atoms with Gasteiger partial charge < -0.3 is 5.32 Å². The Kier molecular flexibility index (Phi) is 3.78. The Morgan fingerprint density at radius 3 is 2.88 bits per heavy atom. The number of hydrogen-bond acceptors (Lipinski definition) is 2. The minimum Gasteiger partial charge on any atom is -0.310 e. The largest absolute Gasteiger partial charge is 0.310 e. The second kappa shape index (κ2) is 5.33. The van der Waals surface area contributed by atoms with E-state index in [-0.39, 0.29) is 0 Å². The van der Waals surface area contributed by atoms with Crippen LogP contribution in [0.25, 0.3) is 0 Å². The van der Waals surface area contributed by atoms with Crippen molar-refractivity contribution in [3.8, 4) is 0 Å². The first kappa shape index (κ1) is 12.1. The first-order chi connectivity index (χ1) is 8.34. The van der Waals surface area contributed by atoms with Crippen molar-refractivity contribution in [1.82, 2.24) is 5.32 Å².